The fraction of sp³-hybridized carbons (Fsp3) is 0.231. The maximum absolute atomic E-state index is 12.7. The van der Waals surface area contributed by atoms with Gasteiger partial charge in [0.25, 0.3) is 0 Å². The fourth-order valence-corrected chi connectivity index (χ4v) is 4.12. The standard InChI is InChI=1S/C26H27NO4S/c1-5-31-26(29)24-22(20-11-13-21(30-4)14-12-20)16-32-25(24)27-23(28)15-8-18-6-9-19(10-7-18)17(2)3/h6-17H,5H2,1-4H3,(H,27,28)/b15-8+. The lowest BCUT2D eigenvalue weighted by Crippen LogP contribution is -2.12. The molecule has 2 aromatic carbocycles. The summed E-state index contributed by atoms with van der Waals surface area (Å²) in [6.07, 6.45) is 3.22. The predicted octanol–water partition coefficient (Wildman–Crippen LogP) is 6.38. The Bertz CT molecular complexity index is 1100. The number of esters is 1. The van der Waals surface area contributed by atoms with Crippen LogP contribution in [-0.2, 0) is 9.53 Å². The Morgan fingerprint density at radius 1 is 1.06 bits per heavy atom. The van der Waals surface area contributed by atoms with Crippen LogP contribution in [0.3, 0.4) is 0 Å². The van der Waals surface area contributed by atoms with Gasteiger partial charge in [0.1, 0.15) is 16.3 Å². The zero-order valence-electron chi connectivity index (χ0n) is 18.7. The highest BCUT2D eigenvalue weighted by molar-refractivity contribution is 7.15. The number of carbonyl (C=O) groups excluding carboxylic acids is 2. The van der Waals surface area contributed by atoms with Crippen molar-refractivity contribution in [2.45, 2.75) is 26.7 Å². The van der Waals surface area contributed by atoms with E-state index in [1.165, 1.54) is 23.0 Å². The molecule has 3 rings (SSSR count). The third-order valence-electron chi connectivity index (χ3n) is 4.94. The number of nitrogens with one attached hydrogen (secondary N) is 1. The van der Waals surface area contributed by atoms with Gasteiger partial charge in [0.05, 0.1) is 13.7 Å². The lowest BCUT2D eigenvalue weighted by atomic mass is 10.0. The van der Waals surface area contributed by atoms with Crippen LogP contribution in [0.2, 0.25) is 0 Å². The van der Waals surface area contributed by atoms with E-state index in [0.29, 0.717) is 22.0 Å². The first kappa shape index (κ1) is 23.3. The Hall–Kier alpha value is -3.38. The SMILES string of the molecule is CCOC(=O)c1c(-c2ccc(OC)cc2)csc1NC(=O)/C=C/c1ccc(C(C)C)cc1. The molecule has 1 N–H and O–H groups in total. The second-order valence-corrected chi connectivity index (χ2v) is 8.33. The van der Waals surface area contributed by atoms with E-state index in [0.717, 1.165) is 16.9 Å². The van der Waals surface area contributed by atoms with Crippen LogP contribution >= 0.6 is 11.3 Å². The van der Waals surface area contributed by atoms with Gasteiger partial charge in [-0.1, -0.05) is 50.2 Å². The summed E-state index contributed by atoms with van der Waals surface area (Å²) in [5, 5.41) is 5.13. The second kappa shape index (κ2) is 10.8. The van der Waals surface area contributed by atoms with Crippen molar-refractivity contribution in [3.8, 4) is 16.9 Å². The molecule has 0 fully saturated rings. The van der Waals surface area contributed by atoms with Gasteiger partial charge in [-0.05, 0) is 47.7 Å². The van der Waals surface area contributed by atoms with E-state index in [-0.39, 0.29) is 12.5 Å². The minimum absolute atomic E-state index is 0.246. The molecule has 0 aliphatic rings. The number of hydrogen-bond donors (Lipinski definition) is 1. The number of ether oxygens (including phenoxy) is 2. The second-order valence-electron chi connectivity index (χ2n) is 7.45. The molecule has 0 aliphatic heterocycles. The quantitative estimate of drug-likeness (QED) is 0.320. The molecule has 0 bridgehead atoms. The molecule has 3 aromatic rings. The molecule has 0 aliphatic carbocycles. The summed E-state index contributed by atoms with van der Waals surface area (Å²) in [6, 6.07) is 15.5. The lowest BCUT2D eigenvalue weighted by Gasteiger charge is -2.08. The van der Waals surface area contributed by atoms with Gasteiger partial charge in [-0.15, -0.1) is 11.3 Å². The Morgan fingerprint density at radius 2 is 1.75 bits per heavy atom. The van der Waals surface area contributed by atoms with E-state index in [2.05, 4.69) is 31.3 Å². The normalized spacial score (nSPS) is 11.0. The smallest absolute Gasteiger partial charge is 0.341 e. The molecule has 0 atom stereocenters. The van der Waals surface area contributed by atoms with Gasteiger partial charge >= 0.3 is 5.97 Å². The van der Waals surface area contributed by atoms with E-state index < -0.39 is 5.97 Å². The minimum atomic E-state index is -0.469. The summed E-state index contributed by atoms with van der Waals surface area (Å²) in [6.45, 7) is 6.28. The molecule has 32 heavy (non-hydrogen) atoms. The van der Waals surface area contributed by atoms with Crippen molar-refractivity contribution in [3.05, 3.63) is 76.7 Å². The van der Waals surface area contributed by atoms with Crippen LogP contribution in [0, 0.1) is 0 Å². The zero-order valence-corrected chi connectivity index (χ0v) is 19.5. The molecule has 5 nitrogen and oxygen atoms in total. The van der Waals surface area contributed by atoms with Crippen LogP contribution < -0.4 is 10.1 Å². The van der Waals surface area contributed by atoms with Gasteiger partial charge in [0.15, 0.2) is 0 Å². The largest absolute Gasteiger partial charge is 0.497 e. The number of thiophene rings is 1. The van der Waals surface area contributed by atoms with E-state index in [4.69, 9.17) is 9.47 Å². The maximum atomic E-state index is 12.7. The topological polar surface area (TPSA) is 64.6 Å². The Morgan fingerprint density at radius 3 is 2.34 bits per heavy atom. The van der Waals surface area contributed by atoms with Gasteiger partial charge in [-0.2, -0.15) is 0 Å². The number of benzene rings is 2. The molecular weight excluding hydrogens is 422 g/mol. The van der Waals surface area contributed by atoms with Crippen molar-refractivity contribution in [3.63, 3.8) is 0 Å². The zero-order chi connectivity index (χ0) is 23.1. The number of amides is 1. The third kappa shape index (κ3) is 5.65. The van der Waals surface area contributed by atoms with Crippen molar-refractivity contribution in [1.82, 2.24) is 0 Å². The summed E-state index contributed by atoms with van der Waals surface area (Å²) >= 11 is 1.29. The predicted molar refractivity (Wildman–Crippen MR) is 130 cm³/mol. The highest BCUT2D eigenvalue weighted by atomic mass is 32.1. The highest BCUT2D eigenvalue weighted by Crippen LogP contribution is 2.37. The summed E-state index contributed by atoms with van der Waals surface area (Å²) < 4.78 is 10.5. The first-order valence-corrected chi connectivity index (χ1v) is 11.3. The van der Waals surface area contributed by atoms with E-state index in [1.807, 2.05) is 41.8 Å². The van der Waals surface area contributed by atoms with E-state index in [9.17, 15) is 9.59 Å². The Kier molecular flexibility index (Phi) is 7.84. The average molecular weight is 450 g/mol. The van der Waals surface area contributed by atoms with Crippen LogP contribution in [0.15, 0.2) is 60.0 Å². The molecule has 6 heteroatoms. The summed E-state index contributed by atoms with van der Waals surface area (Å²) in [7, 11) is 1.60. The molecule has 1 aromatic heterocycles. The summed E-state index contributed by atoms with van der Waals surface area (Å²) in [5.74, 6) is 0.396. The Balaban J connectivity index is 1.82. The van der Waals surface area contributed by atoms with Crippen molar-refractivity contribution >= 4 is 34.3 Å². The first-order valence-electron chi connectivity index (χ1n) is 10.4. The molecule has 0 unspecified atom stereocenters. The third-order valence-corrected chi connectivity index (χ3v) is 5.83. The maximum Gasteiger partial charge on any atom is 0.341 e. The van der Waals surface area contributed by atoms with Crippen molar-refractivity contribution in [2.24, 2.45) is 0 Å². The molecule has 0 spiro atoms. The van der Waals surface area contributed by atoms with Crippen molar-refractivity contribution < 1.29 is 19.1 Å². The van der Waals surface area contributed by atoms with Crippen LogP contribution in [0.25, 0.3) is 17.2 Å². The minimum Gasteiger partial charge on any atom is -0.497 e. The molecule has 166 valence electrons. The average Bonchev–Trinajstić information content (AvgIpc) is 3.21. The summed E-state index contributed by atoms with van der Waals surface area (Å²) in [4.78, 5) is 25.2. The number of carbonyl (C=O) groups is 2. The van der Waals surface area contributed by atoms with Gasteiger partial charge in [-0.25, -0.2) is 4.79 Å². The van der Waals surface area contributed by atoms with E-state index >= 15 is 0 Å². The number of anilines is 1. The van der Waals surface area contributed by atoms with Crippen LogP contribution in [-0.4, -0.2) is 25.6 Å². The number of methoxy groups -OCH3 is 1. The van der Waals surface area contributed by atoms with Gasteiger partial charge < -0.3 is 14.8 Å². The fourth-order valence-electron chi connectivity index (χ4n) is 3.16. The molecule has 0 saturated carbocycles. The molecular formula is C26H27NO4S. The lowest BCUT2D eigenvalue weighted by molar-refractivity contribution is -0.111. The van der Waals surface area contributed by atoms with Gasteiger partial charge in [-0.3, -0.25) is 4.79 Å². The van der Waals surface area contributed by atoms with Gasteiger partial charge in [0, 0.05) is 17.0 Å². The Labute approximate surface area is 192 Å². The monoisotopic (exact) mass is 449 g/mol. The number of hydrogen-bond acceptors (Lipinski definition) is 5. The van der Waals surface area contributed by atoms with Gasteiger partial charge in [0.2, 0.25) is 5.91 Å². The van der Waals surface area contributed by atoms with E-state index in [1.54, 1.807) is 20.1 Å². The molecule has 1 heterocycles. The molecule has 0 saturated heterocycles. The number of rotatable bonds is 8. The molecule has 0 radical (unpaired) electrons. The summed E-state index contributed by atoms with van der Waals surface area (Å²) in [5.41, 5.74) is 4.08. The van der Waals surface area contributed by atoms with Crippen molar-refractivity contribution in [1.29, 1.82) is 0 Å². The first-order chi connectivity index (χ1) is 15.4. The highest BCUT2D eigenvalue weighted by Gasteiger charge is 2.22. The van der Waals surface area contributed by atoms with Crippen LogP contribution in [0.4, 0.5) is 5.00 Å². The van der Waals surface area contributed by atoms with Crippen LogP contribution in [0.1, 0.15) is 48.2 Å². The molecule has 1 amide bonds. The van der Waals surface area contributed by atoms with Crippen molar-refractivity contribution in [2.75, 3.05) is 19.0 Å². The van der Waals surface area contributed by atoms with Crippen LogP contribution in [0.5, 0.6) is 5.75 Å².